The number of hydrogen-bond acceptors (Lipinski definition) is 4. The zero-order chi connectivity index (χ0) is 16.7. The van der Waals surface area contributed by atoms with Crippen LogP contribution in [-0.2, 0) is 13.0 Å². The van der Waals surface area contributed by atoms with Crippen molar-refractivity contribution in [1.29, 1.82) is 0 Å². The largest absolute Gasteiger partial charge is 0.386 e. The van der Waals surface area contributed by atoms with Crippen LogP contribution in [0.3, 0.4) is 0 Å². The van der Waals surface area contributed by atoms with E-state index in [-0.39, 0.29) is 24.0 Å². The number of rotatable bonds is 7. The fourth-order valence-corrected chi connectivity index (χ4v) is 3.93. The molecule has 2 aromatic rings. The van der Waals surface area contributed by atoms with E-state index in [0.29, 0.717) is 23.4 Å². The highest BCUT2D eigenvalue weighted by atomic mass is 127. The van der Waals surface area contributed by atoms with Crippen molar-refractivity contribution >= 4 is 64.2 Å². The summed E-state index contributed by atoms with van der Waals surface area (Å²) in [5.41, 5.74) is 0. The van der Waals surface area contributed by atoms with E-state index < -0.39 is 6.10 Å². The van der Waals surface area contributed by atoms with Crippen LogP contribution in [0.2, 0.25) is 4.34 Å². The Balaban J connectivity index is 0.00000288. The summed E-state index contributed by atoms with van der Waals surface area (Å²) in [6.45, 7) is 5.99. The molecule has 0 aliphatic rings. The third-order valence-corrected chi connectivity index (χ3v) is 5.73. The summed E-state index contributed by atoms with van der Waals surface area (Å²) in [5.74, 6) is 0.709. The Bertz CT molecular complexity index is 645. The minimum Gasteiger partial charge on any atom is -0.386 e. The van der Waals surface area contributed by atoms with Crippen molar-refractivity contribution in [1.82, 2.24) is 10.6 Å². The van der Waals surface area contributed by atoms with Crippen molar-refractivity contribution in [2.24, 2.45) is 4.99 Å². The minimum absolute atomic E-state index is 0. The van der Waals surface area contributed by atoms with Crippen molar-refractivity contribution in [2.45, 2.75) is 32.9 Å². The number of halogens is 2. The molecule has 4 nitrogen and oxygen atoms in total. The van der Waals surface area contributed by atoms with E-state index in [1.165, 1.54) is 21.1 Å². The van der Waals surface area contributed by atoms with Crippen LogP contribution in [0.4, 0.5) is 0 Å². The first-order chi connectivity index (χ1) is 11.1. The highest BCUT2D eigenvalue weighted by molar-refractivity contribution is 14.0. The van der Waals surface area contributed by atoms with Crippen LogP contribution < -0.4 is 10.6 Å². The fourth-order valence-electron chi connectivity index (χ4n) is 2.00. The van der Waals surface area contributed by atoms with Crippen LogP contribution in [0.5, 0.6) is 0 Å². The van der Waals surface area contributed by atoms with Gasteiger partial charge in [0.05, 0.1) is 10.9 Å². The second kappa shape index (κ2) is 11.3. The molecule has 0 radical (unpaired) electrons. The molecular formula is C16H23ClIN3OS2. The standard InChI is InChI=1S/C16H22ClN3OS2.HI/c1-3-11-5-6-12(22-11)9-19-16(18-4-2)20-10-13(21)14-7-8-15(17)23-14;/h5-8,13,21H,3-4,9-10H2,1-2H3,(H2,18,19,20);1H. The fraction of sp³-hybridized carbons (Fsp3) is 0.438. The van der Waals surface area contributed by atoms with Crippen molar-refractivity contribution in [3.05, 3.63) is 43.2 Å². The SMILES string of the molecule is CCNC(=NCc1ccc(CC)s1)NCC(O)c1ccc(Cl)s1.I. The van der Waals surface area contributed by atoms with Gasteiger partial charge in [-0.25, -0.2) is 4.99 Å². The molecule has 2 aromatic heterocycles. The number of aliphatic hydroxyl groups excluding tert-OH is 1. The summed E-state index contributed by atoms with van der Waals surface area (Å²) >= 11 is 9.09. The predicted octanol–water partition coefficient (Wildman–Crippen LogP) is 4.43. The number of nitrogens with one attached hydrogen (secondary N) is 2. The monoisotopic (exact) mass is 499 g/mol. The predicted molar refractivity (Wildman–Crippen MR) is 116 cm³/mol. The second-order valence-electron chi connectivity index (χ2n) is 4.96. The molecule has 0 aliphatic heterocycles. The number of aryl methyl sites for hydroxylation is 1. The Kier molecular flexibility index (Phi) is 10.2. The summed E-state index contributed by atoms with van der Waals surface area (Å²) in [4.78, 5) is 8.04. The molecule has 134 valence electrons. The lowest BCUT2D eigenvalue weighted by atomic mass is 10.3. The van der Waals surface area contributed by atoms with Crippen LogP contribution in [-0.4, -0.2) is 24.2 Å². The molecule has 0 bridgehead atoms. The maximum absolute atomic E-state index is 10.2. The van der Waals surface area contributed by atoms with E-state index in [1.807, 2.05) is 13.0 Å². The van der Waals surface area contributed by atoms with Gasteiger partial charge in [0, 0.05) is 27.7 Å². The zero-order valence-electron chi connectivity index (χ0n) is 13.7. The lowest BCUT2D eigenvalue weighted by Gasteiger charge is -2.14. The van der Waals surface area contributed by atoms with Crippen LogP contribution in [0.15, 0.2) is 29.3 Å². The van der Waals surface area contributed by atoms with Crippen molar-refractivity contribution < 1.29 is 5.11 Å². The Morgan fingerprint density at radius 3 is 2.50 bits per heavy atom. The molecule has 1 atom stereocenters. The molecule has 0 amide bonds. The van der Waals surface area contributed by atoms with Gasteiger partial charge in [-0.15, -0.1) is 46.7 Å². The number of guanidine groups is 1. The summed E-state index contributed by atoms with van der Waals surface area (Å²) in [5, 5.41) is 16.6. The van der Waals surface area contributed by atoms with Crippen molar-refractivity contribution in [2.75, 3.05) is 13.1 Å². The molecule has 0 spiro atoms. The van der Waals surface area contributed by atoms with Crippen LogP contribution >= 0.6 is 58.3 Å². The van der Waals surface area contributed by atoms with E-state index in [0.717, 1.165) is 17.8 Å². The van der Waals surface area contributed by atoms with Crippen molar-refractivity contribution in [3.8, 4) is 0 Å². The van der Waals surface area contributed by atoms with Crippen LogP contribution in [0.25, 0.3) is 0 Å². The normalized spacial score (nSPS) is 12.6. The van der Waals surface area contributed by atoms with Crippen LogP contribution in [0.1, 0.15) is 34.6 Å². The Labute approximate surface area is 173 Å². The number of hydrogen-bond donors (Lipinski definition) is 3. The van der Waals surface area contributed by atoms with E-state index in [9.17, 15) is 5.11 Å². The highest BCUT2D eigenvalue weighted by Gasteiger charge is 2.11. The van der Waals surface area contributed by atoms with Gasteiger partial charge < -0.3 is 15.7 Å². The molecule has 8 heteroatoms. The number of nitrogens with zero attached hydrogens (tertiary/aromatic N) is 1. The molecule has 0 fully saturated rings. The lowest BCUT2D eigenvalue weighted by molar-refractivity contribution is 0.184. The first kappa shape index (κ1) is 21.7. The number of aliphatic hydroxyl groups is 1. The summed E-state index contributed by atoms with van der Waals surface area (Å²) < 4.78 is 0.684. The Hall–Kier alpha value is -0.350. The first-order valence-electron chi connectivity index (χ1n) is 7.65. The van der Waals surface area contributed by atoms with Crippen molar-refractivity contribution in [3.63, 3.8) is 0 Å². The van der Waals surface area contributed by atoms with Gasteiger partial charge in [0.1, 0.15) is 6.10 Å². The van der Waals surface area contributed by atoms with Gasteiger partial charge in [-0.2, -0.15) is 0 Å². The second-order valence-corrected chi connectivity index (χ2v) is 7.95. The van der Waals surface area contributed by atoms with Gasteiger partial charge in [-0.1, -0.05) is 18.5 Å². The average molecular weight is 500 g/mol. The molecule has 3 N–H and O–H groups in total. The minimum atomic E-state index is -0.593. The number of aliphatic imine (C=N–C) groups is 1. The Morgan fingerprint density at radius 1 is 1.17 bits per heavy atom. The Morgan fingerprint density at radius 2 is 1.92 bits per heavy atom. The quantitative estimate of drug-likeness (QED) is 0.300. The molecule has 0 saturated heterocycles. The molecule has 0 aromatic carbocycles. The van der Waals surface area contributed by atoms with Gasteiger partial charge >= 0.3 is 0 Å². The molecule has 2 rings (SSSR count). The lowest BCUT2D eigenvalue weighted by Crippen LogP contribution is -2.39. The summed E-state index contributed by atoms with van der Waals surface area (Å²) in [6.07, 6.45) is 0.465. The maximum Gasteiger partial charge on any atom is 0.191 e. The third-order valence-electron chi connectivity index (χ3n) is 3.19. The third kappa shape index (κ3) is 6.87. The summed E-state index contributed by atoms with van der Waals surface area (Å²) in [6, 6.07) is 7.92. The molecule has 0 saturated carbocycles. The first-order valence-corrected chi connectivity index (χ1v) is 9.66. The van der Waals surface area contributed by atoms with Gasteiger partial charge in [0.15, 0.2) is 5.96 Å². The summed E-state index contributed by atoms with van der Waals surface area (Å²) in [7, 11) is 0. The average Bonchev–Trinajstić information content (AvgIpc) is 3.18. The number of thiophene rings is 2. The van der Waals surface area contributed by atoms with E-state index in [1.54, 1.807) is 17.4 Å². The van der Waals surface area contributed by atoms with E-state index in [2.05, 4.69) is 34.7 Å². The van der Waals surface area contributed by atoms with Gasteiger partial charge in [0.25, 0.3) is 0 Å². The molecule has 24 heavy (non-hydrogen) atoms. The molecule has 2 heterocycles. The molecule has 0 aliphatic carbocycles. The topological polar surface area (TPSA) is 56.7 Å². The van der Waals surface area contributed by atoms with Crippen LogP contribution in [0, 0.1) is 0 Å². The van der Waals surface area contributed by atoms with E-state index >= 15 is 0 Å². The highest BCUT2D eigenvalue weighted by Crippen LogP contribution is 2.26. The maximum atomic E-state index is 10.2. The molecular weight excluding hydrogens is 477 g/mol. The van der Waals surface area contributed by atoms with Gasteiger partial charge in [-0.05, 0) is 37.6 Å². The smallest absolute Gasteiger partial charge is 0.191 e. The molecule has 1 unspecified atom stereocenters. The zero-order valence-corrected chi connectivity index (χ0v) is 18.4. The van der Waals surface area contributed by atoms with Gasteiger partial charge in [0.2, 0.25) is 0 Å². The van der Waals surface area contributed by atoms with E-state index in [4.69, 9.17) is 11.6 Å². The van der Waals surface area contributed by atoms with Gasteiger partial charge in [-0.3, -0.25) is 0 Å².